The molecule has 0 spiro atoms. The molecule has 0 bridgehead atoms. The van der Waals surface area contributed by atoms with E-state index in [1.807, 2.05) is 0 Å². The summed E-state index contributed by atoms with van der Waals surface area (Å²) in [7, 11) is -3.79. The molecule has 2 aromatic heterocycles. The molecule has 18 heavy (non-hydrogen) atoms. The van der Waals surface area contributed by atoms with Crippen molar-refractivity contribution in [3.05, 3.63) is 23.5 Å². The molecule has 8 nitrogen and oxygen atoms in total. The number of aromatic nitrogens is 3. The van der Waals surface area contributed by atoms with Gasteiger partial charge < -0.3 is 5.43 Å². The van der Waals surface area contributed by atoms with Gasteiger partial charge in [0.1, 0.15) is 9.90 Å². The molecule has 0 saturated heterocycles. The lowest BCUT2D eigenvalue weighted by atomic mass is 10.4. The normalized spacial score (nSPS) is 11.2. The zero-order chi connectivity index (χ0) is 13.2. The fourth-order valence-corrected chi connectivity index (χ4v) is 3.16. The largest absolute Gasteiger partial charge is 0.323 e. The molecular weight excluding hydrogens is 276 g/mol. The summed E-state index contributed by atoms with van der Waals surface area (Å²) >= 11 is 1.14. The van der Waals surface area contributed by atoms with Crippen LogP contribution in [0.25, 0.3) is 0 Å². The van der Waals surface area contributed by atoms with E-state index in [1.165, 1.54) is 18.5 Å². The summed E-state index contributed by atoms with van der Waals surface area (Å²) in [5.74, 6) is 5.25. The van der Waals surface area contributed by atoms with Crippen molar-refractivity contribution in [3.8, 4) is 0 Å². The SMILES string of the molecule is Cc1nnc(NS(=O)(=O)c2cnccc2NN)s1. The summed E-state index contributed by atoms with van der Waals surface area (Å²) in [5.41, 5.74) is 2.55. The molecule has 0 saturated carbocycles. The van der Waals surface area contributed by atoms with Gasteiger partial charge >= 0.3 is 0 Å². The highest BCUT2D eigenvalue weighted by atomic mass is 32.2. The van der Waals surface area contributed by atoms with Crippen LogP contribution in [-0.4, -0.2) is 23.6 Å². The third kappa shape index (κ3) is 2.55. The number of anilines is 2. The second kappa shape index (κ2) is 4.84. The van der Waals surface area contributed by atoms with E-state index in [0.29, 0.717) is 5.01 Å². The molecule has 0 aliphatic heterocycles. The quantitative estimate of drug-likeness (QED) is 0.546. The Balaban J connectivity index is 2.36. The van der Waals surface area contributed by atoms with Crippen LogP contribution in [0.2, 0.25) is 0 Å². The fourth-order valence-electron chi connectivity index (χ4n) is 1.22. The molecule has 0 aliphatic rings. The van der Waals surface area contributed by atoms with Crippen LogP contribution in [0.5, 0.6) is 0 Å². The Labute approximate surface area is 107 Å². The Bertz CT molecular complexity index is 653. The minimum absolute atomic E-state index is 0.0552. The zero-order valence-electron chi connectivity index (χ0n) is 9.28. The van der Waals surface area contributed by atoms with E-state index in [9.17, 15) is 8.42 Å². The highest BCUT2D eigenvalue weighted by molar-refractivity contribution is 7.93. The van der Waals surface area contributed by atoms with Gasteiger partial charge in [-0.25, -0.2) is 8.42 Å². The van der Waals surface area contributed by atoms with Crippen LogP contribution >= 0.6 is 11.3 Å². The first-order valence-corrected chi connectivity index (χ1v) is 7.06. The lowest BCUT2D eigenvalue weighted by Gasteiger charge is -2.08. The Morgan fingerprint density at radius 3 is 2.78 bits per heavy atom. The van der Waals surface area contributed by atoms with Crippen LogP contribution in [0, 0.1) is 6.92 Å². The third-order valence-corrected chi connectivity index (χ3v) is 4.23. The summed E-state index contributed by atoms with van der Waals surface area (Å²) in [6, 6.07) is 1.46. The smallest absolute Gasteiger partial charge is 0.267 e. The van der Waals surface area contributed by atoms with Crippen LogP contribution < -0.4 is 16.0 Å². The predicted octanol–water partition coefficient (Wildman–Crippen LogP) is 0.328. The summed E-state index contributed by atoms with van der Waals surface area (Å²) < 4.78 is 26.5. The Kier molecular flexibility index (Phi) is 3.41. The topological polar surface area (TPSA) is 123 Å². The molecule has 2 heterocycles. The van der Waals surface area contributed by atoms with E-state index in [0.717, 1.165) is 11.3 Å². The average Bonchev–Trinajstić information content (AvgIpc) is 2.74. The fraction of sp³-hybridized carbons (Fsp3) is 0.125. The monoisotopic (exact) mass is 286 g/mol. The standard InChI is InChI=1S/C8H10N6O2S2/c1-5-12-13-8(17-5)14-18(15,16)7-4-10-3-2-6(7)11-9/h2-4H,9H2,1H3,(H,10,11)(H,13,14). The highest BCUT2D eigenvalue weighted by Gasteiger charge is 2.20. The second-order valence-corrected chi connectivity index (χ2v) is 6.08. The number of aryl methyl sites for hydroxylation is 1. The number of hydrogen-bond donors (Lipinski definition) is 3. The van der Waals surface area contributed by atoms with Crippen LogP contribution in [0.1, 0.15) is 5.01 Å². The number of sulfonamides is 1. The Morgan fingerprint density at radius 2 is 2.17 bits per heavy atom. The number of nitrogens with two attached hydrogens (primary N) is 1. The zero-order valence-corrected chi connectivity index (χ0v) is 10.9. The molecule has 0 aliphatic carbocycles. The van der Waals surface area contributed by atoms with Gasteiger partial charge in [0.15, 0.2) is 0 Å². The Morgan fingerprint density at radius 1 is 1.39 bits per heavy atom. The van der Waals surface area contributed by atoms with Crippen molar-refractivity contribution >= 4 is 32.2 Å². The third-order valence-electron chi connectivity index (χ3n) is 1.98. The molecule has 2 aromatic rings. The van der Waals surface area contributed by atoms with E-state index in [2.05, 4.69) is 25.3 Å². The molecule has 2 rings (SSSR count). The van der Waals surface area contributed by atoms with E-state index in [-0.39, 0.29) is 15.7 Å². The van der Waals surface area contributed by atoms with Gasteiger partial charge in [-0.05, 0) is 13.0 Å². The maximum atomic E-state index is 12.1. The van der Waals surface area contributed by atoms with Crippen molar-refractivity contribution in [2.24, 2.45) is 5.84 Å². The summed E-state index contributed by atoms with van der Waals surface area (Å²) in [5, 5.41) is 8.27. The number of pyridine rings is 1. The number of hydrazine groups is 1. The minimum atomic E-state index is -3.79. The van der Waals surface area contributed by atoms with Crippen LogP contribution in [0.4, 0.5) is 10.8 Å². The number of nitrogen functional groups attached to an aromatic ring is 1. The molecule has 10 heteroatoms. The second-order valence-electron chi connectivity index (χ2n) is 3.25. The highest BCUT2D eigenvalue weighted by Crippen LogP contribution is 2.23. The molecule has 0 amide bonds. The molecule has 0 atom stereocenters. The van der Waals surface area contributed by atoms with Crippen LogP contribution in [0.15, 0.2) is 23.4 Å². The van der Waals surface area contributed by atoms with Gasteiger partial charge in [0.05, 0.1) is 5.69 Å². The summed E-state index contributed by atoms with van der Waals surface area (Å²) in [4.78, 5) is 3.70. The number of nitrogens with one attached hydrogen (secondary N) is 2. The van der Waals surface area contributed by atoms with Crippen molar-refractivity contribution in [1.82, 2.24) is 15.2 Å². The number of nitrogens with zero attached hydrogens (tertiary/aromatic N) is 3. The molecule has 4 N–H and O–H groups in total. The Hall–Kier alpha value is -1.78. The van der Waals surface area contributed by atoms with E-state index in [4.69, 9.17) is 5.84 Å². The van der Waals surface area contributed by atoms with E-state index >= 15 is 0 Å². The van der Waals surface area contributed by atoms with E-state index < -0.39 is 10.0 Å². The molecule has 96 valence electrons. The first-order valence-electron chi connectivity index (χ1n) is 4.76. The average molecular weight is 286 g/mol. The summed E-state index contributed by atoms with van der Waals surface area (Å²) in [6.07, 6.45) is 2.63. The molecule has 0 unspecified atom stereocenters. The number of rotatable bonds is 4. The van der Waals surface area contributed by atoms with Gasteiger partial charge in [0.2, 0.25) is 5.13 Å². The van der Waals surface area contributed by atoms with Gasteiger partial charge in [0, 0.05) is 12.4 Å². The lowest BCUT2D eigenvalue weighted by Crippen LogP contribution is -2.17. The van der Waals surface area contributed by atoms with Crippen molar-refractivity contribution in [2.75, 3.05) is 10.1 Å². The maximum Gasteiger partial charge on any atom is 0.267 e. The molecule has 0 aromatic carbocycles. The maximum absolute atomic E-state index is 12.1. The summed E-state index contributed by atoms with van der Waals surface area (Å²) in [6.45, 7) is 1.73. The van der Waals surface area contributed by atoms with E-state index in [1.54, 1.807) is 6.92 Å². The van der Waals surface area contributed by atoms with Gasteiger partial charge in [-0.3, -0.25) is 15.5 Å². The first kappa shape index (κ1) is 12.7. The number of hydrogen-bond acceptors (Lipinski definition) is 8. The van der Waals surface area contributed by atoms with Crippen molar-refractivity contribution in [3.63, 3.8) is 0 Å². The molecule has 0 radical (unpaired) electrons. The van der Waals surface area contributed by atoms with Crippen LogP contribution in [-0.2, 0) is 10.0 Å². The van der Waals surface area contributed by atoms with Gasteiger partial charge in [-0.1, -0.05) is 11.3 Å². The van der Waals surface area contributed by atoms with Crippen molar-refractivity contribution in [2.45, 2.75) is 11.8 Å². The van der Waals surface area contributed by atoms with Gasteiger partial charge in [-0.2, -0.15) is 0 Å². The minimum Gasteiger partial charge on any atom is -0.323 e. The van der Waals surface area contributed by atoms with Gasteiger partial charge in [0.25, 0.3) is 10.0 Å². The molecule has 0 fully saturated rings. The van der Waals surface area contributed by atoms with Gasteiger partial charge in [-0.15, -0.1) is 10.2 Å². The first-order chi connectivity index (χ1) is 8.53. The lowest BCUT2D eigenvalue weighted by molar-refractivity contribution is 0.601. The van der Waals surface area contributed by atoms with Crippen molar-refractivity contribution < 1.29 is 8.42 Å². The van der Waals surface area contributed by atoms with Crippen molar-refractivity contribution in [1.29, 1.82) is 0 Å². The molecular formula is C8H10N6O2S2. The predicted molar refractivity (Wildman–Crippen MR) is 67.5 cm³/mol. The van der Waals surface area contributed by atoms with Crippen LogP contribution in [0.3, 0.4) is 0 Å².